The summed E-state index contributed by atoms with van der Waals surface area (Å²) in [6, 6.07) is 9.60. The van der Waals surface area contributed by atoms with Crippen LogP contribution in [0, 0.1) is 6.92 Å². The predicted molar refractivity (Wildman–Crippen MR) is 68.9 cm³/mol. The van der Waals surface area contributed by atoms with E-state index in [1.165, 1.54) is 7.11 Å². The van der Waals surface area contributed by atoms with Gasteiger partial charge < -0.3 is 9.47 Å². The molecule has 1 aromatic carbocycles. The van der Waals surface area contributed by atoms with E-state index in [2.05, 4.69) is 4.98 Å². The van der Waals surface area contributed by atoms with Gasteiger partial charge in [0.1, 0.15) is 24.5 Å². The summed E-state index contributed by atoms with van der Waals surface area (Å²) in [5.41, 5.74) is 1.70. The number of methoxy groups -OCH3 is 1. The largest absolute Gasteiger partial charge is 0.483 e. The molecule has 2 rings (SSSR count). The maximum Gasteiger partial charge on any atom is 0.195 e. The molecule has 4 heteroatoms. The number of hydrogen-bond donors (Lipinski definition) is 0. The van der Waals surface area contributed by atoms with Crippen LogP contribution >= 0.6 is 0 Å². The van der Waals surface area contributed by atoms with Gasteiger partial charge in [-0.05, 0) is 19.1 Å². The molecule has 1 heterocycles. The number of ether oxygens (including phenoxy) is 2. The fraction of sp³-hybridized carbons (Fsp3) is 0.286. The lowest BCUT2D eigenvalue weighted by Gasteiger charge is -2.08. The molecule has 0 fully saturated rings. The van der Waals surface area contributed by atoms with Crippen LogP contribution < -0.4 is 4.74 Å². The van der Waals surface area contributed by atoms with Gasteiger partial charge in [0, 0.05) is 18.2 Å². The molecular formula is C14H15NO3. The molecule has 0 aliphatic rings. The number of carbonyl (C=O) groups is 1. The normalized spacial score (nSPS) is 10.6. The second-order valence-electron chi connectivity index (χ2n) is 4.04. The molecule has 0 amide bonds. The van der Waals surface area contributed by atoms with E-state index >= 15 is 0 Å². The number of hydrogen-bond acceptors (Lipinski definition) is 4. The number of aryl methyl sites for hydroxylation is 1. The number of para-hydroxylation sites is 1. The third-order valence-corrected chi connectivity index (χ3v) is 2.52. The predicted octanol–water partition coefficient (Wildman–Crippen LogP) is 2.14. The average Bonchev–Trinajstić information content (AvgIpc) is 2.36. The number of benzene rings is 1. The van der Waals surface area contributed by atoms with Crippen molar-refractivity contribution >= 4 is 16.7 Å². The fourth-order valence-electron chi connectivity index (χ4n) is 1.69. The number of Topliss-reactive ketones (excluding diaryl/α,β-unsaturated/α-hetero) is 1. The molecule has 0 radical (unpaired) electrons. The first-order valence-corrected chi connectivity index (χ1v) is 5.70. The fourth-order valence-corrected chi connectivity index (χ4v) is 1.69. The van der Waals surface area contributed by atoms with Gasteiger partial charge in [-0.2, -0.15) is 0 Å². The molecular weight excluding hydrogens is 230 g/mol. The van der Waals surface area contributed by atoms with Crippen LogP contribution in [-0.2, 0) is 9.53 Å². The zero-order chi connectivity index (χ0) is 13.0. The molecule has 0 aliphatic carbocycles. The smallest absolute Gasteiger partial charge is 0.195 e. The van der Waals surface area contributed by atoms with Crippen LogP contribution in [0.4, 0.5) is 0 Å². The summed E-state index contributed by atoms with van der Waals surface area (Å²) in [4.78, 5) is 15.8. The van der Waals surface area contributed by atoms with Crippen molar-refractivity contribution in [2.75, 3.05) is 20.3 Å². The number of fused-ring (bicyclic) bond motifs is 1. The van der Waals surface area contributed by atoms with E-state index in [9.17, 15) is 4.79 Å². The highest BCUT2D eigenvalue weighted by molar-refractivity contribution is 5.85. The number of rotatable bonds is 5. The topological polar surface area (TPSA) is 48.4 Å². The maximum atomic E-state index is 11.3. The van der Waals surface area contributed by atoms with Gasteiger partial charge in [-0.1, -0.05) is 18.2 Å². The van der Waals surface area contributed by atoms with Gasteiger partial charge in [0.2, 0.25) is 0 Å². The number of nitrogens with zero attached hydrogens (tertiary/aromatic N) is 1. The molecule has 2 aromatic rings. The van der Waals surface area contributed by atoms with E-state index in [0.29, 0.717) is 5.75 Å². The van der Waals surface area contributed by atoms with E-state index in [0.717, 1.165) is 16.6 Å². The lowest BCUT2D eigenvalue weighted by molar-refractivity contribution is -0.124. The first kappa shape index (κ1) is 12.5. The van der Waals surface area contributed by atoms with Gasteiger partial charge in [0.25, 0.3) is 0 Å². The summed E-state index contributed by atoms with van der Waals surface area (Å²) in [6.07, 6.45) is 0. The summed E-state index contributed by atoms with van der Waals surface area (Å²) in [6.45, 7) is 1.99. The summed E-state index contributed by atoms with van der Waals surface area (Å²) in [7, 11) is 1.49. The molecule has 0 aliphatic heterocycles. The van der Waals surface area contributed by atoms with Crippen molar-refractivity contribution in [3.8, 4) is 5.75 Å². The molecule has 0 atom stereocenters. The van der Waals surface area contributed by atoms with Gasteiger partial charge in [-0.3, -0.25) is 4.79 Å². The highest BCUT2D eigenvalue weighted by Crippen LogP contribution is 2.23. The lowest BCUT2D eigenvalue weighted by Crippen LogP contribution is -2.16. The third kappa shape index (κ3) is 2.84. The minimum absolute atomic E-state index is 0.00255. The highest BCUT2D eigenvalue weighted by Gasteiger charge is 2.06. The molecule has 18 heavy (non-hydrogen) atoms. The molecule has 94 valence electrons. The van der Waals surface area contributed by atoms with Crippen LogP contribution in [0.2, 0.25) is 0 Å². The SMILES string of the molecule is COCC(=O)COc1cccc2ccc(C)nc12. The molecule has 1 aromatic heterocycles. The van der Waals surface area contributed by atoms with Crippen molar-refractivity contribution in [2.24, 2.45) is 0 Å². The van der Waals surface area contributed by atoms with Crippen molar-refractivity contribution in [3.63, 3.8) is 0 Å². The van der Waals surface area contributed by atoms with Crippen molar-refractivity contribution < 1.29 is 14.3 Å². The molecule has 0 saturated carbocycles. The van der Waals surface area contributed by atoms with Crippen LogP contribution in [-0.4, -0.2) is 31.1 Å². The molecule has 0 spiro atoms. The van der Waals surface area contributed by atoms with E-state index in [-0.39, 0.29) is 19.0 Å². The first-order chi connectivity index (χ1) is 8.70. The third-order valence-electron chi connectivity index (χ3n) is 2.52. The molecule has 4 nitrogen and oxygen atoms in total. The number of pyridine rings is 1. The number of aromatic nitrogens is 1. The molecule has 0 N–H and O–H groups in total. The summed E-state index contributed by atoms with van der Waals surface area (Å²) < 4.78 is 10.3. The van der Waals surface area contributed by atoms with Crippen LogP contribution in [0.25, 0.3) is 10.9 Å². The van der Waals surface area contributed by atoms with Crippen LogP contribution in [0.15, 0.2) is 30.3 Å². The highest BCUT2D eigenvalue weighted by atomic mass is 16.5. The van der Waals surface area contributed by atoms with Gasteiger partial charge in [0.15, 0.2) is 5.78 Å². The second-order valence-corrected chi connectivity index (χ2v) is 4.04. The van der Waals surface area contributed by atoms with Crippen molar-refractivity contribution in [1.82, 2.24) is 4.98 Å². The molecule has 0 unspecified atom stereocenters. The average molecular weight is 245 g/mol. The van der Waals surface area contributed by atoms with Gasteiger partial charge in [-0.25, -0.2) is 4.98 Å². The van der Waals surface area contributed by atoms with Crippen LogP contribution in [0.5, 0.6) is 5.75 Å². The van der Waals surface area contributed by atoms with Crippen LogP contribution in [0.3, 0.4) is 0 Å². The summed E-state index contributed by atoms with van der Waals surface area (Å²) >= 11 is 0. The van der Waals surface area contributed by atoms with Gasteiger partial charge in [-0.15, -0.1) is 0 Å². The van der Waals surface area contributed by atoms with E-state index in [4.69, 9.17) is 9.47 Å². The Morgan fingerprint density at radius 2 is 2.06 bits per heavy atom. The Labute approximate surface area is 106 Å². The Hall–Kier alpha value is -1.94. The van der Waals surface area contributed by atoms with E-state index in [1.807, 2.05) is 37.3 Å². The zero-order valence-electron chi connectivity index (χ0n) is 10.5. The number of carbonyl (C=O) groups excluding carboxylic acids is 1. The monoisotopic (exact) mass is 245 g/mol. The Balaban J connectivity index is 2.22. The molecule has 0 saturated heterocycles. The molecule has 0 bridgehead atoms. The Morgan fingerprint density at radius 1 is 1.22 bits per heavy atom. The van der Waals surface area contributed by atoms with Crippen LogP contribution in [0.1, 0.15) is 5.69 Å². The quantitative estimate of drug-likeness (QED) is 0.809. The number of ketones is 1. The Kier molecular flexibility index (Phi) is 3.89. The van der Waals surface area contributed by atoms with Crippen molar-refractivity contribution in [3.05, 3.63) is 36.0 Å². The van der Waals surface area contributed by atoms with E-state index < -0.39 is 0 Å². The maximum absolute atomic E-state index is 11.3. The first-order valence-electron chi connectivity index (χ1n) is 5.70. The van der Waals surface area contributed by atoms with Gasteiger partial charge >= 0.3 is 0 Å². The lowest BCUT2D eigenvalue weighted by atomic mass is 10.2. The Morgan fingerprint density at radius 3 is 2.83 bits per heavy atom. The minimum Gasteiger partial charge on any atom is -0.483 e. The summed E-state index contributed by atoms with van der Waals surface area (Å²) in [5, 5.41) is 0.997. The van der Waals surface area contributed by atoms with Crippen molar-refractivity contribution in [2.45, 2.75) is 6.92 Å². The standard InChI is InChI=1S/C14H15NO3/c1-10-6-7-11-4-3-5-13(14(11)15-10)18-9-12(16)8-17-2/h3-7H,8-9H2,1-2H3. The van der Waals surface area contributed by atoms with Crippen molar-refractivity contribution in [1.29, 1.82) is 0 Å². The Bertz CT molecular complexity index is 566. The van der Waals surface area contributed by atoms with Gasteiger partial charge in [0.05, 0.1) is 0 Å². The minimum atomic E-state index is -0.0952. The zero-order valence-corrected chi connectivity index (χ0v) is 10.5. The second kappa shape index (κ2) is 5.60. The summed E-state index contributed by atoms with van der Waals surface area (Å²) in [5.74, 6) is 0.530. The van der Waals surface area contributed by atoms with E-state index in [1.54, 1.807) is 0 Å².